The van der Waals surface area contributed by atoms with E-state index in [1.807, 2.05) is 10.0 Å². The maximum Gasteiger partial charge on any atom is 0.415 e. The first-order chi connectivity index (χ1) is 14.9. The summed E-state index contributed by atoms with van der Waals surface area (Å²) < 4.78 is 66.5. The van der Waals surface area contributed by atoms with Gasteiger partial charge in [-0.1, -0.05) is 42.5 Å². The Labute approximate surface area is 182 Å². The van der Waals surface area contributed by atoms with Crippen LogP contribution in [0.3, 0.4) is 0 Å². The Morgan fingerprint density at radius 3 is 2.38 bits per heavy atom. The number of alkyl halides is 3. The van der Waals surface area contributed by atoms with Gasteiger partial charge in [0.15, 0.2) is 5.54 Å². The fraction of sp³-hybridized carbons (Fsp3) is 0.190. The third-order valence-electron chi connectivity index (χ3n) is 4.69. The Bertz CT molecular complexity index is 1180. The van der Waals surface area contributed by atoms with Gasteiger partial charge in [-0.15, -0.1) is 0 Å². The molecule has 3 rings (SSSR count). The van der Waals surface area contributed by atoms with E-state index in [2.05, 4.69) is 5.32 Å². The van der Waals surface area contributed by atoms with Crippen molar-refractivity contribution >= 4 is 33.0 Å². The number of nitrogens with one attached hydrogen (secondary N) is 3. The molecule has 1 aliphatic carbocycles. The van der Waals surface area contributed by atoms with Crippen molar-refractivity contribution in [1.82, 2.24) is 5.32 Å². The molecular formula is C21H20F3N3O4S. The summed E-state index contributed by atoms with van der Waals surface area (Å²) in [5, 5.41) is 13.9. The van der Waals surface area contributed by atoms with E-state index in [0.717, 1.165) is 30.0 Å². The van der Waals surface area contributed by atoms with Crippen LogP contribution in [0.1, 0.15) is 12.0 Å². The summed E-state index contributed by atoms with van der Waals surface area (Å²) in [4.78, 5) is 12.4. The average molecular weight is 467 g/mol. The number of sulfonamides is 1. The van der Waals surface area contributed by atoms with Crippen LogP contribution < -0.4 is 15.4 Å². The van der Waals surface area contributed by atoms with Crippen LogP contribution in [0.5, 0.6) is 5.75 Å². The highest BCUT2D eigenvalue weighted by Crippen LogP contribution is 2.39. The normalized spacial score (nSPS) is 18.6. The Kier molecular flexibility index (Phi) is 6.22. The first-order valence-electron chi connectivity index (χ1n) is 9.30. The number of anilines is 2. The van der Waals surface area contributed by atoms with Crippen LogP contribution in [-0.4, -0.2) is 37.5 Å². The quantitative estimate of drug-likeness (QED) is 0.390. The fourth-order valence-electron chi connectivity index (χ4n) is 3.12. The number of carbonyl (C=O) groups is 1. The second-order valence-corrected chi connectivity index (χ2v) is 8.97. The van der Waals surface area contributed by atoms with Gasteiger partial charge in [0.05, 0.1) is 11.9 Å². The Hall–Kier alpha value is -3.47. The molecule has 0 bridgehead atoms. The molecule has 0 fully saturated rings. The summed E-state index contributed by atoms with van der Waals surface area (Å²) in [7, 11) is -3.73. The van der Waals surface area contributed by atoms with Crippen LogP contribution in [0.4, 0.5) is 29.3 Å². The van der Waals surface area contributed by atoms with E-state index in [9.17, 15) is 31.5 Å². The Balaban J connectivity index is 1.78. The van der Waals surface area contributed by atoms with Gasteiger partial charge in [0.2, 0.25) is 10.0 Å². The van der Waals surface area contributed by atoms with Crippen LogP contribution in [0.25, 0.3) is 5.57 Å². The molecule has 0 radical (unpaired) electrons. The number of allylic oxidation sites excluding steroid dienone is 2. The molecule has 1 atom stereocenters. The van der Waals surface area contributed by atoms with Gasteiger partial charge in [0.25, 0.3) is 0 Å². The number of urea groups is 1. The predicted octanol–water partition coefficient (Wildman–Crippen LogP) is 4.23. The average Bonchev–Trinajstić information content (AvgIpc) is 2.70. The van der Waals surface area contributed by atoms with Gasteiger partial charge < -0.3 is 15.7 Å². The molecular weight excluding hydrogens is 447 g/mol. The minimum atomic E-state index is -4.78. The van der Waals surface area contributed by atoms with Gasteiger partial charge in [0, 0.05) is 12.1 Å². The standard InChI is InChI=1S/C21H20F3N3O4S/c1-32(30,31)27-17-13-16(7-8-18(17)28)25-19(29)26-20(21(22,23)24)11-9-15(10-12-20)14-5-3-2-4-6-14/h2-11,13,27-28H,12H2,1H3,(H2,25,26,29). The summed E-state index contributed by atoms with van der Waals surface area (Å²) in [6, 6.07) is 11.1. The second-order valence-electron chi connectivity index (χ2n) is 7.22. The molecule has 0 saturated heterocycles. The van der Waals surface area contributed by atoms with Crippen molar-refractivity contribution in [2.24, 2.45) is 0 Å². The molecule has 7 nitrogen and oxygen atoms in total. The van der Waals surface area contributed by atoms with Gasteiger partial charge in [0.1, 0.15) is 5.75 Å². The summed E-state index contributed by atoms with van der Waals surface area (Å²) in [5.74, 6) is -0.415. The molecule has 0 saturated carbocycles. The number of halogens is 3. The van der Waals surface area contributed by atoms with Gasteiger partial charge in [-0.3, -0.25) is 4.72 Å². The molecule has 2 aromatic carbocycles. The largest absolute Gasteiger partial charge is 0.506 e. The number of amides is 2. The molecule has 11 heteroatoms. The van der Waals surface area contributed by atoms with Gasteiger partial charge in [-0.25, -0.2) is 13.2 Å². The number of rotatable bonds is 5. The minimum Gasteiger partial charge on any atom is -0.506 e. The summed E-state index contributed by atoms with van der Waals surface area (Å²) in [6.45, 7) is 0. The highest BCUT2D eigenvalue weighted by atomic mass is 32.2. The molecule has 2 aromatic rings. The molecule has 0 aromatic heterocycles. The summed E-state index contributed by atoms with van der Waals surface area (Å²) in [6.07, 6.45) is -0.820. The number of aromatic hydroxyl groups is 1. The molecule has 0 aliphatic heterocycles. The maximum absolute atomic E-state index is 13.9. The van der Waals surface area contributed by atoms with Crippen molar-refractivity contribution in [3.63, 3.8) is 0 Å². The highest BCUT2D eigenvalue weighted by molar-refractivity contribution is 7.92. The molecule has 32 heavy (non-hydrogen) atoms. The van der Waals surface area contributed by atoms with Crippen LogP contribution in [0, 0.1) is 0 Å². The Morgan fingerprint density at radius 2 is 1.81 bits per heavy atom. The lowest BCUT2D eigenvalue weighted by atomic mass is 9.86. The van der Waals surface area contributed by atoms with E-state index in [0.29, 0.717) is 5.57 Å². The highest BCUT2D eigenvalue weighted by Gasteiger charge is 2.54. The number of carbonyl (C=O) groups excluding carboxylic acids is 1. The molecule has 1 unspecified atom stereocenters. The molecule has 1 aliphatic rings. The second kappa shape index (κ2) is 8.58. The molecule has 4 N–H and O–H groups in total. The van der Waals surface area contributed by atoms with Crippen molar-refractivity contribution in [3.05, 3.63) is 72.3 Å². The predicted molar refractivity (Wildman–Crippen MR) is 116 cm³/mol. The third-order valence-corrected chi connectivity index (χ3v) is 5.28. The lowest BCUT2D eigenvalue weighted by Crippen LogP contribution is -2.58. The van der Waals surface area contributed by atoms with Crippen LogP contribution in [0.15, 0.2) is 66.8 Å². The lowest BCUT2D eigenvalue weighted by Gasteiger charge is -2.35. The van der Waals surface area contributed by atoms with E-state index in [1.165, 1.54) is 18.2 Å². The van der Waals surface area contributed by atoms with Crippen molar-refractivity contribution in [1.29, 1.82) is 0 Å². The van der Waals surface area contributed by atoms with E-state index in [1.54, 1.807) is 30.3 Å². The zero-order valence-corrected chi connectivity index (χ0v) is 17.6. The number of phenolic OH excluding ortho intramolecular Hbond substituents is 1. The van der Waals surface area contributed by atoms with Crippen molar-refractivity contribution in [2.75, 3.05) is 16.3 Å². The van der Waals surface area contributed by atoms with E-state index in [-0.39, 0.29) is 11.4 Å². The first kappa shape index (κ1) is 23.2. The zero-order valence-electron chi connectivity index (χ0n) is 16.8. The lowest BCUT2D eigenvalue weighted by molar-refractivity contribution is -0.177. The maximum atomic E-state index is 13.9. The van der Waals surface area contributed by atoms with Crippen LogP contribution in [-0.2, 0) is 10.0 Å². The van der Waals surface area contributed by atoms with E-state index in [4.69, 9.17) is 0 Å². The molecule has 170 valence electrons. The smallest absolute Gasteiger partial charge is 0.415 e. The topological polar surface area (TPSA) is 108 Å². The molecule has 0 spiro atoms. The number of hydrogen-bond acceptors (Lipinski definition) is 4. The van der Waals surface area contributed by atoms with Crippen molar-refractivity contribution in [2.45, 2.75) is 18.1 Å². The van der Waals surface area contributed by atoms with E-state index < -0.39 is 39.9 Å². The number of hydrogen-bond donors (Lipinski definition) is 4. The zero-order chi connectivity index (χ0) is 23.6. The number of benzene rings is 2. The van der Waals surface area contributed by atoms with Crippen LogP contribution >= 0.6 is 0 Å². The third kappa shape index (κ3) is 5.41. The molecule has 2 amide bonds. The van der Waals surface area contributed by atoms with Crippen molar-refractivity contribution < 1.29 is 31.5 Å². The monoisotopic (exact) mass is 467 g/mol. The van der Waals surface area contributed by atoms with Gasteiger partial charge >= 0.3 is 12.2 Å². The molecule has 0 heterocycles. The summed E-state index contributed by atoms with van der Waals surface area (Å²) in [5.41, 5.74) is -1.53. The Morgan fingerprint density at radius 1 is 1.12 bits per heavy atom. The number of phenols is 1. The minimum absolute atomic E-state index is 0.0240. The van der Waals surface area contributed by atoms with Crippen molar-refractivity contribution in [3.8, 4) is 5.75 Å². The SMILES string of the molecule is CS(=O)(=O)Nc1cc(NC(=O)NC2(C(F)(F)F)C=CC(c3ccccc3)=CC2)ccc1O. The van der Waals surface area contributed by atoms with Crippen LogP contribution in [0.2, 0.25) is 0 Å². The first-order valence-corrected chi connectivity index (χ1v) is 11.2. The van der Waals surface area contributed by atoms with Gasteiger partial charge in [-0.2, -0.15) is 13.2 Å². The van der Waals surface area contributed by atoms with E-state index >= 15 is 0 Å². The fourth-order valence-corrected chi connectivity index (χ4v) is 3.68. The summed E-state index contributed by atoms with van der Waals surface area (Å²) >= 11 is 0. The van der Waals surface area contributed by atoms with Gasteiger partial charge in [-0.05, 0) is 35.4 Å².